The summed E-state index contributed by atoms with van der Waals surface area (Å²) in [6.07, 6.45) is 3.61. The smallest absolute Gasteiger partial charge is 0.335 e. The summed E-state index contributed by atoms with van der Waals surface area (Å²) in [5.41, 5.74) is 1.22. The van der Waals surface area contributed by atoms with Crippen molar-refractivity contribution in [1.29, 1.82) is 5.26 Å². The van der Waals surface area contributed by atoms with E-state index in [9.17, 15) is 4.79 Å². The summed E-state index contributed by atoms with van der Waals surface area (Å²) in [4.78, 5) is 10.6. The summed E-state index contributed by atoms with van der Waals surface area (Å²) in [5, 5.41) is 20.3. The van der Waals surface area contributed by atoms with E-state index in [1.54, 1.807) is 24.3 Å². The molecular formula is C13H16N2O2. The van der Waals surface area contributed by atoms with Gasteiger partial charge in [-0.05, 0) is 37.1 Å². The molecule has 0 aliphatic carbocycles. The van der Waals surface area contributed by atoms with Crippen molar-refractivity contribution >= 4 is 11.7 Å². The molecule has 90 valence electrons. The number of carbonyl (C=O) groups is 1. The van der Waals surface area contributed by atoms with Crippen molar-refractivity contribution in [1.82, 2.24) is 0 Å². The molecule has 0 amide bonds. The molecule has 0 aliphatic rings. The maximum absolute atomic E-state index is 10.6. The molecule has 0 saturated heterocycles. The number of nitriles is 1. The lowest BCUT2D eigenvalue weighted by Gasteiger charge is -2.05. The molecule has 1 rings (SSSR count). The number of carboxylic acid groups (broad SMARTS) is 1. The van der Waals surface area contributed by atoms with Crippen molar-refractivity contribution in [3.63, 3.8) is 0 Å². The third-order valence-electron chi connectivity index (χ3n) is 2.43. The molecule has 1 aromatic carbocycles. The number of anilines is 1. The van der Waals surface area contributed by atoms with Gasteiger partial charge in [-0.3, -0.25) is 0 Å². The number of unbranched alkanes of at least 4 members (excludes halogenated alkanes) is 3. The van der Waals surface area contributed by atoms with Crippen LogP contribution < -0.4 is 5.32 Å². The zero-order valence-corrected chi connectivity index (χ0v) is 9.65. The Labute approximate surface area is 101 Å². The molecule has 0 heterocycles. The van der Waals surface area contributed by atoms with E-state index in [1.165, 1.54) is 0 Å². The number of carboxylic acids is 1. The fourth-order valence-corrected chi connectivity index (χ4v) is 1.47. The van der Waals surface area contributed by atoms with Gasteiger partial charge in [-0.2, -0.15) is 5.26 Å². The first-order valence-corrected chi connectivity index (χ1v) is 5.68. The lowest BCUT2D eigenvalue weighted by atomic mass is 10.2. The van der Waals surface area contributed by atoms with Crippen LogP contribution in [0.15, 0.2) is 24.3 Å². The summed E-state index contributed by atoms with van der Waals surface area (Å²) < 4.78 is 0. The number of nitrogens with zero attached hydrogens (tertiary/aromatic N) is 1. The van der Waals surface area contributed by atoms with Crippen LogP contribution in [0.5, 0.6) is 0 Å². The molecule has 0 bridgehead atoms. The van der Waals surface area contributed by atoms with Crippen molar-refractivity contribution in [3.05, 3.63) is 29.8 Å². The van der Waals surface area contributed by atoms with Gasteiger partial charge in [0.2, 0.25) is 0 Å². The molecule has 0 fully saturated rings. The van der Waals surface area contributed by atoms with Gasteiger partial charge >= 0.3 is 5.97 Å². The van der Waals surface area contributed by atoms with E-state index in [2.05, 4.69) is 11.4 Å². The molecule has 17 heavy (non-hydrogen) atoms. The Balaban J connectivity index is 2.23. The Morgan fingerprint density at radius 2 is 1.94 bits per heavy atom. The van der Waals surface area contributed by atoms with Crippen LogP contribution in [0.4, 0.5) is 5.69 Å². The van der Waals surface area contributed by atoms with E-state index in [4.69, 9.17) is 10.4 Å². The van der Waals surface area contributed by atoms with Crippen molar-refractivity contribution < 1.29 is 9.90 Å². The fraction of sp³-hybridized carbons (Fsp3) is 0.385. The van der Waals surface area contributed by atoms with E-state index in [0.717, 1.165) is 31.5 Å². The first-order valence-electron chi connectivity index (χ1n) is 5.68. The molecule has 0 atom stereocenters. The molecule has 4 heteroatoms. The van der Waals surface area contributed by atoms with Crippen LogP contribution in [-0.2, 0) is 0 Å². The van der Waals surface area contributed by atoms with Crippen LogP contribution in [0.3, 0.4) is 0 Å². The SMILES string of the molecule is N#CCCCCCNc1ccc(C(=O)O)cc1. The number of benzene rings is 1. The zero-order chi connectivity index (χ0) is 12.5. The predicted octanol–water partition coefficient (Wildman–Crippen LogP) is 2.88. The van der Waals surface area contributed by atoms with E-state index >= 15 is 0 Å². The maximum atomic E-state index is 10.6. The average molecular weight is 232 g/mol. The second-order valence-corrected chi connectivity index (χ2v) is 3.78. The standard InChI is InChI=1S/C13H16N2O2/c14-9-3-1-2-4-10-15-12-7-5-11(6-8-12)13(16)17/h5-8,15H,1-4,10H2,(H,16,17). The zero-order valence-electron chi connectivity index (χ0n) is 9.65. The second-order valence-electron chi connectivity index (χ2n) is 3.78. The van der Waals surface area contributed by atoms with Crippen LogP contribution in [0, 0.1) is 11.3 Å². The van der Waals surface area contributed by atoms with Crippen LogP contribution in [0.1, 0.15) is 36.0 Å². The first kappa shape index (κ1) is 13.0. The Hall–Kier alpha value is -2.02. The number of aromatic carboxylic acids is 1. The molecule has 1 aromatic rings. The largest absolute Gasteiger partial charge is 0.478 e. The number of hydrogen-bond acceptors (Lipinski definition) is 3. The highest BCUT2D eigenvalue weighted by atomic mass is 16.4. The molecule has 0 unspecified atom stereocenters. The Bertz CT molecular complexity index is 393. The summed E-state index contributed by atoms with van der Waals surface area (Å²) >= 11 is 0. The van der Waals surface area contributed by atoms with Gasteiger partial charge in [0.1, 0.15) is 0 Å². The predicted molar refractivity (Wildman–Crippen MR) is 66.0 cm³/mol. The van der Waals surface area contributed by atoms with Crippen LogP contribution in [0.25, 0.3) is 0 Å². The monoisotopic (exact) mass is 232 g/mol. The fourth-order valence-electron chi connectivity index (χ4n) is 1.47. The highest BCUT2D eigenvalue weighted by Gasteiger charge is 2.00. The highest BCUT2D eigenvalue weighted by molar-refractivity contribution is 5.87. The lowest BCUT2D eigenvalue weighted by Crippen LogP contribution is -2.02. The van der Waals surface area contributed by atoms with Crippen molar-refractivity contribution in [2.45, 2.75) is 25.7 Å². The second kappa shape index (κ2) is 7.29. The quantitative estimate of drug-likeness (QED) is 0.709. The minimum absolute atomic E-state index is 0.296. The molecular weight excluding hydrogens is 216 g/mol. The van der Waals surface area contributed by atoms with Gasteiger partial charge in [0, 0.05) is 18.7 Å². The summed E-state index contributed by atoms with van der Waals surface area (Å²) in [5.74, 6) is -0.909. The summed E-state index contributed by atoms with van der Waals surface area (Å²) in [7, 11) is 0. The van der Waals surface area contributed by atoms with Gasteiger partial charge in [0.25, 0.3) is 0 Å². The summed E-state index contributed by atoms with van der Waals surface area (Å²) in [6, 6.07) is 8.81. The number of rotatable bonds is 7. The third-order valence-corrected chi connectivity index (χ3v) is 2.43. The van der Waals surface area contributed by atoms with Gasteiger partial charge in [0.15, 0.2) is 0 Å². The van der Waals surface area contributed by atoms with E-state index < -0.39 is 5.97 Å². The maximum Gasteiger partial charge on any atom is 0.335 e. The third kappa shape index (κ3) is 5.03. The van der Waals surface area contributed by atoms with E-state index in [-0.39, 0.29) is 0 Å². The minimum Gasteiger partial charge on any atom is -0.478 e. The molecule has 0 saturated carbocycles. The highest BCUT2D eigenvalue weighted by Crippen LogP contribution is 2.10. The Kier molecular flexibility index (Phi) is 5.59. The number of nitrogens with one attached hydrogen (secondary N) is 1. The average Bonchev–Trinajstić information content (AvgIpc) is 2.34. The van der Waals surface area contributed by atoms with E-state index in [0.29, 0.717) is 12.0 Å². The van der Waals surface area contributed by atoms with E-state index in [1.807, 2.05) is 0 Å². The van der Waals surface area contributed by atoms with Gasteiger partial charge in [-0.15, -0.1) is 0 Å². The van der Waals surface area contributed by atoms with Crippen LogP contribution in [0.2, 0.25) is 0 Å². The minimum atomic E-state index is -0.909. The molecule has 0 radical (unpaired) electrons. The molecule has 0 aromatic heterocycles. The number of hydrogen-bond donors (Lipinski definition) is 2. The topological polar surface area (TPSA) is 73.1 Å². The van der Waals surface area contributed by atoms with Crippen molar-refractivity contribution in [2.24, 2.45) is 0 Å². The van der Waals surface area contributed by atoms with Crippen molar-refractivity contribution in [2.75, 3.05) is 11.9 Å². The first-order chi connectivity index (χ1) is 8.24. The van der Waals surface area contributed by atoms with Crippen molar-refractivity contribution in [3.8, 4) is 6.07 Å². The Morgan fingerprint density at radius 1 is 1.24 bits per heavy atom. The molecule has 0 spiro atoms. The summed E-state index contributed by atoms with van der Waals surface area (Å²) in [6.45, 7) is 0.845. The van der Waals surface area contributed by atoms with Crippen LogP contribution >= 0.6 is 0 Å². The Morgan fingerprint density at radius 3 is 2.53 bits per heavy atom. The molecule has 2 N–H and O–H groups in total. The molecule has 0 aliphatic heterocycles. The van der Waals surface area contributed by atoms with Gasteiger partial charge in [-0.1, -0.05) is 6.42 Å². The van der Waals surface area contributed by atoms with Gasteiger partial charge < -0.3 is 10.4 Å². The van der Waals surface area contributed by atoms with Crippen LogP contribution in [-0.4, -0.2) is 17.6 Å². The lowest BCUT2D eigenvalue weighted by molar-refractivity contribution is 0.0697. The van der Waals surface area contributed by atoms with Gasteiger partial charge in [0.05, 0.1) is 11.6 Å². The van der Waals surface area contributed by atoms with Gasteiger partial charge in [-0.25, -0.2) is 4.79 Å². The molecule has 4 nitrogen and oxygen atoms in total. The normalized spacial score (nSPS) is 9.59.